The zero-order valence-electron chi connectivity index (χ0n) is 5.93. The third kappa shape index (κ3) is 2.05. The van der Waals surface area contributed by atoms with Crippen LogP contribution in [0.25, 0.3) is 0 Å². The molecule has 12 heavy (non-hydrogen) atoms. The second kappa shape index (κ2) is 3.85. The molecule has 0 aromatic heterocycles. The summed E-state index contributed by atoms with van der Waals surface area (Å²) >= 11 is -2.38. The third-order valence-corrected chi connectivity index (χ3v) is 1.49. The van der Waals surface area contributed by atoms with E-state index in [9.17, 15) is 4.21 Å². The van der Waals surface area contributed by atoms with Crippen LogP contribution in [0.5, 0.6) is 5.75 Å². The Hall–Kier alpha value is -1.38. The van der Waals surface area contributed by atoms with Crippen molar-refractivity contribution in [2.24, 2.45) is 0 Å². The van der Waals surface area contributed by atoms with Crippen LogP contribution >= 0.6 is 0 Å². The van der Waals surface area contributed by atoms with Crippen molar-refractivity contribution in [3.8, 4) is 11.8 Å². The highest BCUT2D eigenvalue weighted by Gasteiger charge is 2.03. The molecule has 1 aromatic rings. The molecule has 1 N–H and O–H groups in total. The first-order valence-electron chi connectivity index (χ1n) is 3.02. The van der Waals surface area contributed by atoms with Crippen molar-refractivity contribution in [1.82, 2.24) is 0 Å². The molecule has 0 radical (unpaired) electrons. The van der Waals surface area contributed by atoms with Crippen LogP contribution in [0, 0.1) is 11.3 Å². The van der Waals surface area contributed by atoms with Crippen LogP contribution in [0.3, 0.4) is 0 Å². The van der Waals surface area contributed by atoms with Gasteiger partial charge in [-0.25, -0.2) is 0 Å². The molecule has 0 aliphatic heterocycles. The second-order valence-corrected chi connectivity index (χ2v) is 2.51. The number of benzene rings is 1. The number of hydrogen-bond acceptors (Lipinski definition) is 3. The molecule has 0 spiro atoms. The van der Waals surface area contributed by atoms with Gasteiger partial charge < -0.3 is 4.18 Å². The van der Waals surface area contributed by atoms with Crippen LogP contribution in [0.2, 0.25) is 0 Å². The molecule has 0 aliphatic carbocycles. The Bertz CT molecular complexity index is 345. The molecule has 0 saturated heterocycles. The van der Waals surface area contributed by atoms with E-state index >= 15 is 0 Å². The minimum absolute atomic E-state index is 0.112. The lowest BCUT2D eigenvalue weighted by Gasteiger charge is -1.99. The highest BCUT2D eigenvalue weighted by molar-refractivity contribution is 7.74. The zero-order chi connectivity index (χ0) is 8.97. The first-order valence-corrected chi connectivity index (χ1v) is 4.05. The average molecular weight is 183 g/mol. The Morgan fingerprint density at radius 2 is 2.17 bits per heavy atom. The molecule has 0 heterocycles. The molecular weight excluding hydrogens is 178 g/mol. The van der Waals surface area contributed by atoms with E-state index in [2.05, 4.69) is 4.18 Å². The minimum Gasteiger partial charge on any atom is -0.379 e. The van der Waals surface area contributed by atoms with E-state index in [4.69, 9.17) is 9.81 Å². The van der Waals surface area contributed by atoms with Crippen molar-refractivity contribution in [1.29, 1.82) is 5.26 Å². The molecule has 1 atom stereocenters. The van der Waals surface area contributed by atoms with Crippen LogP contribution in [-0.2, 0) is 11.4 Å². The fourth-order valence-electron chi connectivity index (χ4n) is 0.708. The van der Waals surface area contributed by atoms with E-state index in [-0.39, 0.29) is 11.3 Å². The third-order valence-electron chi connectivity index (χ3n) is 1.17. The fraction of sp³-hybridized carbons (Fsp3) is 0. The van der Waals surface area contributed by atoms with E-state index < -0.39 is 11.4 Å². The van der Waals surface area contributed by atoms with Crippen molar-refractivity contribution in [2.75, 3.05) is 0 Å². The van der Waals surface area contributed by atoms with Crippen molar-refractivity contribution in [3.63, 3.8) is 0 Å². The molecule has 0 amide bonds. The second-order valence-electron chi connectivity index (χ2n) is 1.91. The van der Waals surface area contributed by atoms with Gasteiger partial charge in [0.05, 0.1) is 5.56 Å². The van der Waals surface area contributed by atoms with Crippen LogP contribution in [-0.4, -0.2) is 8.76 Å². The lowest BCUT2D eigenvalue weighted by atomic mass is 10.2. The van der Waals surface area contributed by atoms with Crippen LogP contribution in [0.1, 0.15) is 5.56 Å². The maximum absolute atomic E-state index is 10.2. The van der Waals surface area contributed by atoms with Crippen molar-refractivity contribution < 1.29 is 12.9 Å². The summed E-state index contributed by atoms with van der Waals surface area (Å²) in [6.07, 6.45) is 0. The first kappa shape index (κ1) is 8.71. The van der Waals surface area contributed by atoms with Gasteiger partial charge in [0.2, 0.25) is 0 Å². The summed E-state index contributed by atoms with van der Waals surface area (Å²) < 4.78 is 23.0. The summed E-state index contributed by atoms with van der Waals surface area (Å²) in [7, 11) is 0. The van der Waals surface area contributed by atoms with Gasteiger partial charge in [0.1, 0.15) is 6.07 Å². The Kier molecular flexibility index (Phi) is 2.80. The Labute approximate surface area is 71.9 Å². The Morgan fingerprint density at radius 3 is 2.75 bits per heavy atom. The van der Waals surface area contributed by atoms with Crippen molar-refractivity contribution in [3.05, 3.63) is 29.8 Å². The number of hydrogen-bond donors (Lipinski definition) is 1. The number of nitriles is 1. The van der Waals surface area contributed by atoms with Gasteiger partial charge >= 0.3 is 11.4 Å². The smallest absolute Gasteiger partial charge is 0.357 e. The van der Waals surface area contributed by atoms with Gasteiger partial charge in [0.15, 0.2) is 5.75 Å². The first-order chi connectivity index (χ1) is 5.74. The van der Waals surface area contributed by atoms with E-state index in [0.29, 0.717) is 0 Å². The highest BCUT2D eigenvalue weighted by atomic mass is 32.2. The van der Waals surface area contributed by atoms with Crippen LogP contribution in [0.4, 0.5) is 0 Å². The van der Waals surface area contributed by atoms with Crippen LogP contribution < -0.4 is 4.18 Å². The predicted molar refractivity (Wildman–Crippen MR) is 42.6 cm³/mol. The average Bonchev–Trinajstić information content (AvgIpc) is 2.04. The van der Waals surface area contributed by atoms with E-state index in [1.54, 1.807) is 12.1 Å². The molecule has 4 nitrogen and oxygen atoms in total. The summed E-state index contributed by atoms with van der Waals surface area (Å²) in [5, 5.41) is 8.52. The topological polar surface area (TPSA) is 70.3 Å². The van der Waals surface area contributed by atoms with E-state index in [1.165, 1.54) is 12.1 Å². The van der Waals surface area contributed by atoms with Gasteiger partial charge in [-0.1, -0.05) is 12.1 Å². The zero-order valence-corrected chi connectivity index (χ0v) is 6.75. The van der Waals surface area contributed by atoms with E-state index in [0.717, 1.165) is 0 Å². The molecule has 0 fully saturated rings. The quantitative estimate of drug-likeness (QED) is 0.696. The van der Waals surface area contributed by atoms with Gasteiger partial charge in [-0.2, -0.15) is 9.47 Å². The predicted octanol–water partition coefficient (Wildman–Crippen LogP) is 1.07. The molecule has 1 rings (SSSR count). The molecule has 0 aliphatic rings. The summed E-state index contributed by atoms with van der Waals surface area (Å²) in [6.45, 7) is 0. The van der Waals surface area contributed by atoms with Gasteiger partial charge in [-0.15, -0.1) is 0 Å². The SMILES string of the molecule is N#Cc1ccccc1OS(=O)O. The Balaban J connectivity index is 2.99. The number of nitrogens with zero attached hydrogens (tertiary/aromatic N) is 1. The summed E-state index contributed by atoms with van der Waals surface area (Å²) in [4.78, 5) is 0. The highest BCUT2D eigenvalue weighted by Crippen LogP contribution is 2.16. The molecule has 0 saturated carbocycles. The van der Waals surface area contributed by atoms with E-state index in [1.807, 2.05) is 6.07 Å². The number of para-hydroxylation sites is 1. The fourth-order valence-corrected chi connectivity index (χ4v) is 1.01. The van der Waals surface area contributed by atoms with Crippen molar-refractivity contribution in [2.45, 2.75) is 0 Å². The van der Waals surface area contributed by atoms with Gasteiger partial charge in [0.25, 0.3) is 0 Å². The van der Waals surface area contributed by atoms with Gasteiger partial charge in [0, 0.05) is 0 Å². The molecule has 0 bridgehead atoms. The van der Waals surface area contributed by atoms with Gasteiger partial charge in [-0.3, -0.25) is 4.55 Å². The van der Waals surface area contributed by atoms with Gasteiger partial charge in [-0.05, 0) is 12.1 Å². The molecular formula is C7H5NO3S. The lowest BCUT2D eigenvalue weighted by molar-refractivity contribution is 0.457. The maximum atomic E-state index is 10.2. The summed E-state index contributed by atoms with van der Waals surface area (Å²) in [5.41, 5.74) is 0.236. The summed E-state index contributed by atoms with van der Waals surface area (Å²) in [5.74, 6) is 0.112. The lowest BCUT2D eigenvalue weighted by Crippen LogP contribution is -1.98. The monoisotopic (exact) mass is 183 g/mol. The molecule has 1 aromatic carbocycles. The minimum atomic E-state index is -2.38. The standard InChI is InChI=1S/C7H5NO3S/c8-5-6-3-1-2-4-7(6)11-12(9)10/h1-4H,(H,9,10). The largest absolute Gasteiger partial charge is 0.379 e. The Morgan fingerprint density at radius 1 is 1.50 bits per heavy atom. The van der Waals surface area contributed by atoms with Crippen molar-refractivity contribution >= 4 is 11.4 Å². The molecule has 62 valence electrons. The maximum Gasteiger partial charge on any atom is 0.357 e. The molecule has 5 heteroatoms. The number of rotatable bonds is 2. The normalized spacial score (nSPS) is 11.7. The van der Waals surface area contributed by atoms with Crippen LogP contribution in [0.15, 0.2) is 24.3 Å². The molecule has 1 unspecified atom stereocenters. The summed E-state index contributed by atoms with van der Waals surface area (Å²) in [6, 6.07) is 8.04.